The van der Waals surface area contributed by atoms with E-state index in [-0.39, 0.29) is 20.1 Å². The van der Waals surface area contributed by atoms with Crippen LogP contribution < -0.4 is 4.72 Å². The molecule has 19 heavy (non-hydrogen) atoms. The maximum Gasteiger partial charge on any atom is 0.243 e. The van der Waals surface area contributed by atoms with Crippen LogP contribution in [0.5, 0.6) is 0 Å². The van der Waals surface area contributed by atoms with Crippen molar-refractivity contribution in [2.24, 2.45) is 0 Å². The molecule has 0 bridgehead atoms. The van der Waals surface area contributed by atoms with Gasteiger partial charge >= 0.3 is 0 Å². The van der Waals surface area contributed by atoms with E-state index in [1.807, 2.05) is 0 Å². The molecule has 0 aliphatic heterocycles. The zero-order valence-electron chi connectivity index (χ0n) is 10.4. The van der Waals surface area contributed by atoms with E-state index in [0.29, 0.717) is 13.0 Å². The van der Waals surface area contributed by atoms with Gasteiger partial charge < -0.3 is 9.84 Å². The third-order valence-electron chi connectivity index (χ3n) is 2.40. The van der Waals surface area contributed by atoms with E-state index in [2.05, 4.69) is 4.72 Å². The summed E-state index contributed by atoms with van der Waals surface area (Å²) in [6.07, 6.45) is 0.310. The number of nitrogens with one attached hydrogen (secondary N) is 1. The monoisotopic (exact) mass is 347 g/mol. The molecule has 2 N–H and O–H groups in total. The van der Waals surface area contributed by atoms with Gasteiger partial charge in [-0.05, 0) is 13.0 Å². The van der Waals surface area contributed by atoms with Crippen molar-refractivity contribution in [2.75, 3.05) is 20.3 Å². The average molecular weight is 348 g/mol. The fourth-order valence-electron chi connectivity index (χ4n) is 1.25. The first-order valence-corrected chi connectivity index (χ1v) is 8.39. The third-order valence-corrected chi connectivity index (χ3v) is 5.56. The number of halogens is 2. The Balaban J connectivity index is 2.73. The van der Waals surface area contributed by atoms with Gasteiger partial charge in [-0.3, -0.25) is 0 Å². The van der Waals surface area contributed by atoms with Crippen molar-refractivity contribution in [2.45, 2.75) is 23.8 Å². The van der Waals surface area contributed by atoms with Crippen molar-refractivity contribution in [1.82, 2.24) is 4.72 Å². The minimum Gasteiger partial charge on any atom is -0.389 e. The van der Waals surface area contributed by atoms with E-state index in [0.717, 1.165) is 11.3 Å². The Hall–Kier alpha value is 0.110. The van der Waals surface area contributed by atoms with Crippen LogP contribution in [0, 0.1) is 0 Å². The summed E-state index contributed by atoms with van der Waals surface area (Å²) in [6.45, 7) is 1.72. The normalized spacial score (nSPS) is 15.4. The van der Waals surface area contributed by atoms with Gasteiger partial charge in [-0.15, -0.1) is 11.3 Å². The lowest BCUT2D eigenvalue weighted by molar-refractivity contribution is 0.0292. The van der Waals surface area contributed by atoms with Gasteiger partial charge in [0.25, 0.3) is 0 Å². The zero-order chi connectivity index (χ0) is 14.7. The van der Waals surface area contributed by atoms with E-state index in [1.165, 1.54) is 20.1 Å². The number of thiophene rings is 1. The predicted octanol–water partition coefficient (Wildman–Crippen LogP) is 2.12. The van der Waals surface area contributed by atoms with E-state index >= 15 is 0 Å². The first-order chi connectivity index (χ1) is 8.68. The summed E-state index contributed by atoms with van der Waals surface area (Å²) in [7, 11) is -2.28. The fourth-order valence-corrected chi connectivity index (χ4v) is 4.56. The van der Waals surface area contributed by atoms with Crippen LogP contribution in [0.1, 0.15) is 13.3 Å². The van der Waals surface area contributed by atoms with Crippen LogP contribution >= 0.6 is 34.5 Å². The molecule has 1 atom stereocenters. The molecule has 0 saturated carbocycles. The van der Waals surface area contributed by atoms with Gasteiger partial charge in [-0.2, -0.15) is 0 Å². The maximum atomic E-state index is 12.0. The van der Waals surface area contributed by atoms with Gasteiger partial charge in [0, 0.05) is 26.7 Å². The highest BCUT2D eigenvalue weighted by Gasteiger charge is 2.26. The van der Waals surface area contributed by atoms with Crippen molar-refractivity contribution in [3.05, 3.63) is 14.7 Å². The molecule has 1 heterocycles. The third kappa shape index (κ3) is 5.18. The number of aliphatic hydroxyl groups is 1. The Morgan fingerprint density at radius 1 is 1.53 bits per heavy atom. The molecule has 9 heteroatoms. The largest absolute Gasteiger partial charge is 0.389 e. The molecule has 0 aliphatic carbocycles. The van der Waals surface area contributed by atoms with E-state index in [9.17, 15) is 13.5 Å². The molecule has 1 rings (SSSR count). The number of ether oxygens (including phenoxy) is 1. The zero-order valence-corrected chi connectivity index (χ0v) is 13.6. The van der Waals surface area contributed by atoms with Crippen LogP contribution in [0.15, 0.2) is 11.0 Å². The smallest absolute Gasteiger partial charge is 0.243 e. The van der Waals surface area contributed by atoms with Crippen molar-refractivity contribution in [3.63, 3.8) is 0 Å². The van der Waals surface area contributed by atoms with Gasteiger partial charge in [0.1, 0.15) is 9.23 Å². The molecule has 1 aromatic heterocycles. The number of hydrogen-bond acceptors (Lipinski definition) is 5. The van der Waals surface area contributed by atoms with Gasteiger partial charge in [0.15, 0.2) is 0 Å². The first kappa shape index (κ1) is 17.2. The van der Waals surface area contributed by atoms with Gasteiger partial charge in [0.2, 0.25) is 10.0 Å². The van der Waals surface area contributed by atoms with Crippen molar-refractivity contribution in [3.8, 4) is 0 Å². The summed E-state index contributed by atoms with van der Waals surface area (Å²) in [4.78, 5) is -0.0771. The summed E-state index contributed by atoms with van der Waals surface area (Å²) in [6, 6.07) is 1.28. The lowest BCUT2D eigenvalue weighted by atomic mass is 10.0. The van der Waals surface area contributed by atoms with Crippen molar-refractivity contribution in [1.29, 1.82) is 0 Å². The lowest BCUT2D eigenvalue weighted by Gasteiger charge is -2.23. The summed E-state index contributed by atoms with van der Waals surface area (Å²) in [5.74, 6) is 0. The SMILES string of the molecule is COCCC(C)(O)CNS(=O)(=O)c1cc(Cl)sc1Cl. The topological polar surface area (TPSA) is 75.6 Å². The molecule has 110 valence electrons. The maximum absolute atomic E-state index is 12.0. The number of rotatable bonds is 7. The highest BCUT2D eigenvalue weighted by atomic mass is 35.5. The number of hydrogen-bond donors (Lipinski definition) is 2. The predicted molar refractivity (Wildman–Crippen MR) is 76.6 cm³/mol. The van der Waals surface area contributed by atoms with Crippen LogP contribution in [0.25, 0.3) is 0 Å². The Morgan fingerprint density at radius 3 is 2.63 bits per heavy atom. The van der Waals surface area contributed by atoms with Crippen LogP contribution in [0.2, 0.25) is 8.67 Å². The van der Waals surface area contributed by atoms with Gasteiger partial charge in [0.05, 0.1) is 9.94 Å². The molecule has 0 aliphatic rings. The Labute approximate surface area is 126 Å². The van der Waals surface area contributed by atoms with E-state index in [1.54, 1.807) is 0 Å². The molecule has 5 nitrogen and oxygen atoms in total. The van der Waals surface area contributed by atoms with Gasteiger partial charge in [-0.1, -0.05) is 23.2 Å². The quantitative estimate of drug-likeness (QED) is 0.792. The molecular formula is C10H15Cl2NO4S2. The molecule has 1 unspecified atom stereocenters. The molecule has 1 aromatic rings. The molecule has 0 spiro atoms. The average Bonchev–Trinajstić information content (AvgIpc) is 2.65. The van der Waals surface area contributed by atoms with Crippen molar-refractivity contribution < 1.29 is 18.3 Å². The Kier molecular flexibility index (Phi) is 6.06. The standard InChI is InChI=1S/C10H15Cl2NO4S2/c1-10(14,3-4-17-2)6-13-19(15,16)7-5-8(11)18-9(7)12/h5,13-14H,3-4,6H2,1-2H3. The summed E-state index contributed by atoms with van der Waals surface area (Å²) in [5.41, 5.74) is -1.20. The highest BCUT2D eigenvalue weighted by Crippen LogP contribution is 2.34. The first-order valence-electron chi connectivity index (χ1n) is 5.34. The van der Waals surface area contributed by atoms with Gasteiger partial charge in [-0.25, -0.2) is 13.1 Å². The van der Waals surface area contributed by atoms with E-state index in [4.69, 9.17) is 27.9 Å². The number of sulfonamides is 1. The summed E-state index contributed by atoms with van der Waals surface area (Å²) >= 11 is 12.5. The molecule has 0 aromatic carbocycles. The number of methoxy groups -OCH3 is 1. The summed E-state index contributed by atoms with van der Waals surface area (Å²) < 4.78 is 31.5. The van der Waals surface area contributed by atoms with Crippen molar-refractivity contribution >= 4 is 44.6 Å². The fraction of sp³-hybridized carbons (Fsp3) is 0.600. The molecule has 0 saturated heterocycles. The highest BCUT2D eigenvalue weighted by molar-refractivity contribution is 7.89. The molecular weight excluding hydrogens is 333 g/mol. The Morgan fingerprint density at radius 2 is 2.16 bits per heavy atom. The molecule has 0 radical (unpaired) electrons. The Bertz CT molecular complexity index is 528. The second kappa shape index (κ2) is 6.71. The van der Waals surface area contributed by atoms with E-state index < -0.39 is 15.6 Å². The second-order valence-corrected chi connectivity index (χ2v) is 8.27. The minimum absolute atomic E-state index is 0.0771. The van der Waals surface area contributed by atoms with Crippen LogP contribution in [0.4, 0.5) is 0 Å². The minimum atomic E-state index is -3.79. The van der Waals surface area contributed by atoms with Crippen LogP contribution in [-0.4, -0.2) is 39.4 Å². The molecule has 0 amide bonds. The van der Waals surface area contributed by atoms with Crippen LogP contribution in [-0.2, 0) is 14.8 Å². The second-order valence-electron chi connectivity index (χ2n) is 4.25. The lowest BCUT2D eigenvalue weighted by Crippen LogP contribution is -2.41. The molecule has 0 fully saturated rings. The summed E-state index contributed by atoms with van der Waals surface area (Å²) in [5, 5.41) is 9.97. The van der Waals surface area contributed by atoms with Crippen LogP contribution in [0.3, 0.4) is 0 Å².